The molecule has 0 aliphatic heterocycles. The van der Waals surface area contributed by atoms with Crippen molar-refractivity contribution in [2.45, 2.75) is 23.3 Å². The van der Waals surface area contributed by atoms with Crippen LogP contribution in [0.25, 0.3) is 0 Å². The van der Waals surface area contributed by atoms with Gasteiger partial charge in [-0.3, -0.25) is 9.59 Å². The smallest absolute Gasteiger partial charge is 0.164 e. The number of benzene rings is 4. The zero-order valence-electron chi connectivity index (χ0n) is 23.4. The van der Waals surface area contributed by atoms with Gasteiger partial charge in [0.25, 0.3) is 0 Å². The molecule has 0 saturated carbocycles. The fourth-order valence-corrected chi connectivity index (χ4v) is 7.24. The van der Waals surface area contributed by atoms with Crippen LogP contribution in [0.4, 0.5) is 0 Å². The number of hydrogen-bond donors (Lipinski definition) is 0. The molecule has 8 heteroatoms. The Morgan fingerprint density at radius 2 is 0.905 bits per heavy atom. The Morgan fingerprint density at radius 3 is 1.21 bits per heavy atom. The minimum Gasteiger partial charge on any atom is -0.497 e. The van der Waals surface area contributed by atoms with E-state index in [0.29, 0.717) is 45.5 Å². The maximum atomic E-state index is 13.2. The number of ketones is 2. The summed E-state index contributed by atoms with van der Waals surface area (Å²) in [5, 5.41) is 1.25. The molecule has 0 spiro atoms. The van der Waals surface area contributed by atoms with Gasteiger partial charge in [-0.1, -0.05) is 47.5 Å². The van der Waals surface area contributed by atoms with Gasteiger partial charge >= 0.3 is 0 Å². The molecule has 0 unspecified atom stereocenters. The van der Waals surface area contributed by atoms with Crippen molar-refractivity contribution in [1.29, 1.82) is 0 Å². The number of ether oxygens (including phenoxy) is 2. The molecule has 0 aromatic heterocycles. The summed E-state index contributed by atoms with van der Waals surface area (Å²) in [6.07, 6.45) is 0.722. The van der Waals surface area contributed by atoms with Crippen LogP contribution >= 0.6 is 46.7 Å². The van der Waals surface area contributed by atoms with Crippen LogP contribution < -0.4 is 9.47 Å². The fraction of sp³-hybridized carbons (Fsp3) is 0.235. The number of halogens is 2. The first-order chi connectivity index (χ1) is 20.4. The second-order valence-electron chi connectivity index (χ2n) is 9.53. The monoisotopic (exact) mass is 638 g/mol. The number of carbonyl (C=O) groups is 2. The van der Waals surface area contributed by atoms with Gasteiger partial charge in [-0.05, 0) is 83.9 Å². The summed E-state index contributed by atoms with van der Waals surface area (Å²) < 4.78 is 10.5. The molecule has 0 aliphatic carbocycles. The van der Waals surface area contributed by atoms with Crippen LogP contribution in [0.15, 0.2) is 97.1 Å². The normalized spacial score (nSPS) is 12.4. The van der Waals surface area contributed by atoms with Crippen LogP contribution in [-0.2, 0) is 0 Å². The van der Waals surface area contributed by atoms with E-state index in [9.17, 15) is 9.59 Å². The summed E-state index contributed by atoms with van der Waals surface area (Å²) in [6.45, 7) is 0. The largest absolute Gasteiger partial charge is 0.497 e. The van der Waals surface area contributed by atoms with Gasteiger partial charge in [-0.25, -0.2) is 0 Å². The average molecular weight is 640 g/mol. The standard InChI is InChI=1S/C34H32Cl2O4S2/c1-39-29-15-7-23(8-16-29)31(37)21-33(25-3-11-27(35)12-4-25)41-19-20-42-34(26-5-13-28(36)14-6-26)22-32(38)24-9-17-30(40-2)18-10-24/h3-18,33-34H,19-22H2,1-2H3/t33-,34+. The summed E-state index contributed by atoms with van der Waals surface area (Å²) >= 11 is 15.8. The quantitative estimate of drug-likeness (QED) is 0.0954. The summed E-state index contributed by atoms with van der Waals surface area (Å²) in [6, 6.07) is 29.8. The van der Waals surface area contributed by atoms with Crippen molar-refractivity contribution in [3.63, 3.8) is 0 Å². The van der Waals surface area contributed by atoms with Crippen LogP contribution in [0.3, 0.4) is 0 Å². The van der Waals surface area contributed by atoms with E-state index >= 15 is 0 Å². The zero-order chi connectivity index (χ0) is 29.9. The Bertz CT molecular complexity index is 1330. The molecule has 2 atom stereocenters. The minimum atomic E-state index is -0.0348. The van der Waals surface area contributed by atoms with E-state index in [1.165, 1.54) is 0 Å². The minimum absolute atomic E-state index is 0.0348. The van der Waals surface area contributed by atoms with Gasteiger partial charge in [0.1, 0.15) is 11.5 Å². The predicted molar refractivity (Wildman–Crippen MR) is 177 cm³/mol. The summed E-state index contributed by atoms with van der Waals surface area (Å²) in [5.41, 5.74) is 3.43. The third-order valence-electron chi connectivity index (χ3n) is 6.77. The highest BCUT2D eigenvalue weighted by Crippen LogP contribution is 2.38. The van der Waals surface area contributed by atoms with Crippen LogP contribution in [0, 0.1) is 0 Å². The molecule has 218 valence electrons. The van der Waals surface area contributed by atoms with Gasteiger partial charge in [0.2, 0.25) is 0 Å². The molecule has 4 nitrogen and oxygen atoms in total. The molecule has 4 rings (SSSR count). The van der Waals surface area contributed by atoms with Crippen molar-refractivity contribution in [3.8, 4) is 11.5 Å². The third-order valence-corrected chi connectivity index (χ3v) is 10.1. The van der Waals surface area contributed by atoms with Crippen LogP contribution in [0.1, 0.15) is 55.2 Å². The van der Waals surface area contributed by atoms with Crippen molar-refractivity contribution in [1.82, 2.24) is 0 Å². The Hall–Kier alpha value is -2.90. The molecular formula is C34H32Cl2O4S2. The molecule has 0 saturated heterocycles. The van der Waals surface area contributed by atoms with E-state index in [-0.39, 0.29) is 22.1 Å². The molecule has 0 radical (unpaired) electrons. The zero-order valence-corrected chi connectivity index (χ0v) is 26.6. The van der Waals surface area contributed by atoms with Crippen LogP contribution in [-0.4, -0.2) is 37.3 Å². The molecule has 0 bridgehead atoms. The Labute approximate surface area is 266 Å². The molecule has 42 heavy (non-hydrogen) atoms. The SMILES string of the molecule is COc1ccc(C(=O)C[C@H](SCCS[C@H](CC(=O)c2ccc(OC)cc2)c2ccc(Cl)cc2)c2ccc(Cl)cc2)cc1. The van der Waals surface area contributed by atoms with Gasteiger partial charge in [-0.15, -0.1) is 0 Å². The van der Waals surface area contributed by atoms with Crippen LogP contribution in [0.5, 0.6) is 11.5 Å². The Kier molecular flexibility index (Phi) is 12.3. The summed E-state index contributed by atoms with van der Waals surface area (Å²) in [5.74, 6) is 3.17. The van der Waals surface area contributed by atoms with Crippen molar-refractivity contribution < 1.29 is 19.1 Å². The molecule has 0 fully saturated rings. The van der Waals surface area contributed by atoms with Gasteiger partial charge in [-0.2, -0.15) is 23.5 Å². The number of rotatable bonds is 15. The first kappa shape index (κ1) is 32.0. The van der Waals surface area contributed by atoms with Gasteiger partial charge < -0.3 is 9.47 Å². The molecule has 0 heterocycles. The topological polar surface area (TPSA) is 52.6 Å². The van der Waals surface area contributed by atoms with E-state index in [4.69, 9.17) is 32.7 Å². The lowest BCUT2D eigenvalue weighted by Crippen LogP contribution is -2.08. The van der Waals surface area contributed by atoms with Gasteiger partial charge in [0.15, 0.2) is 11.6 Å². The predicted octanol–water partition coefficient (Wildman–Crippen LogP) is 9.81. The molecule has 4 aromatic carbocycles. The molecule has 0 N–H and O–H groups in total. The van der Waals surface area contributed by atoms with Crippen molar-refractivity contribution in [2.75, 3.05) is 25.7 Å². The molecule has 4 aromatic rings. The van der Waals surface area contributed by atoms with E-state index in [2.05, 4.69) is 0 Å². The number of Topliss-reactive ketones (excluding diaryl/α,β-unsaturated/α-hetero) is 2. The first-order valence-corrected chi connectivity index (χ1v) is 16.3. The van der Waals surface area contributed by atoms with Crippen molar-refractivity contribution in [2.24, 2.45) is 0 Å². The lowest BCUT2D eigenvalue weighted by atomic mass is 10.0. The maximum Gasteiger partial charge on any atom is 0.164 e. The number of thioether (sulfide) groups is 2. The van der Waals surface area contributed by atoms with Crippen LogP contribution in [0.2, 0.25) is 10.0 Å². The van der Waals surface area contributed by atoms with E-state index in [1.807, 2.05) is 48.5 Å². The second-order valence-corrected chi connectivity index (χ2v) is 13.0. The number of hydrogen-bond acceptors (Lipinski definition) is 6. The summed E-state index contributed by atoms with van der Waals surface area (Å²) in [7, 11) is 3.21. The Balaban J connectivity index is 1.43. The van der Waals surface area contributed by atoms with Crippen molar-refractivity contribution >= 4 is 58.3 Å². The van der Waals surface area contributed by atoms with Gasteiger partial charge in [0.05, 0.1) is 14.2 Å². The molecule has 0 aliphatic rings. The number of methoxy groups -OCH3 is 2. The molecular weight excluding hydrogens is 607 g/mol. The number of carbonyl (C=O) groups excluding carboxylic acids is 2. The highest BCUT2D eigenvalue weighted by Gasteiger charge is 2.21. The first-order valence-electron chi connectivity index (χ1n) is 13.4. The van der Waals surface area contributed by atoms with E-state index in [1.54, 1.807) is 86.3 Å². The fourth-order valence-electron chi connectivity index (χ4n) is 4.41. The lowest BCUT2D eigenvalue weighted by molar-refractivity contribution is 0.0974. The average Bonchev–Trinajstić information content (AvgIpc) is 3.02. The lowest BCUT2D eigenvalue weighted by Gasteiger charge is -2.19. The summed E-state index contributed by atoms with van der Waals surface area (Å²) in [4.78, 5) is 26.4. The highest BCUT2D eigenvalue weighted by atomic mass is 35.5. The van der Waals surface area contributed by atoms with Crippen molar-refractivity contribution in [3.05, 3.63) is 129 Å². The highest BCUT2D eigenvalue weighted by molar-refractivity contribution is 8.03. The van der Waals surface area contributed by atoms with E-state index < -0.39 is 0 Å². The second kappa shape index (κ2) is 16.1. The maximum absolute atomic E-state index is 13.2. The molecule has 0 amide bonds. The van der Waals surface area contributed by atoms with E-state index in [0.717, 1.165) is 22.6 Å². The Morgan fingerprint density at radius 1 is 0.571 bits per heavy atom. The third kappa shape index (κ3) is 9.30. The van der Waals surface area contributed by atoms with Gasteiger partial charge in [0, 0.05) is 56.0 Å².